The number of alkyl halides is 3. The Bertz CT molecular complexity index is 982. The molecule has 1 unspecified atom stereocenters. The molecule has 2 nitrogen and oxygen atoms in total. The quantitative estimate of drug-likeness (QED) is 0.532. The van der Waals surface area contributed by atoms with Gasteiger partial charge in [0.2, 0.25) is 0 Å². The number of hydrogen-bond donors (Lipinski definition) is 0. The number of ketones is 1. The lowest BCUT2D eigenvalue weighted by Gasteiger charge is -2.29. The van der Waals surface area contributed by atoms with Crippen molar-refractivity contribution in [2.45, 2.75) is 39.3 Å². The van der Waals surface area contributed by atoms with Gasteiger partial charge in [-0.3, -0.25) is 9.78 Å². The fourth-order valence-electron chi connectivity index (χ4n) is 3.60. The van der Waals surface area contributed by atoms with Crippen molar-refractivity contribution in [1.29, 1.82) is 0 Å². The van der Waals surface area contributed by atoms with Crippen LogP contribution in [0.15, 0.2) is 60.8 Å². The minimum Gasteiger partial charge on any atom is -0.299 e. The van der Waals surface area contributed by atoms with E-state index >= 15 is 0 Å². The van der Waals surface area contributed by atoms with Crippen LogP contribution in [0.25, 0.3) is 10.9 Å². The minimum atomic E-state index is -4.42. The summed E-state index contributed by atoms with van der Waals surface area (Å²) >= 11 is 0. The lowest BCUT2D eigenvalue weighted by atomic mass is 9.75. The highest BCUT2D eigenvalue weighted by Crippen LogP contribution is 2.38. The van der Waals surface area contributed by atoms with Gasteiger partial charge in [0.15, 0.2) is 0 Å². The maximum absolute atomic E-state index is 13.2. The standard InChI is InChI=1S/C23H22F3NO/c1-16-7-6-10-19-11-18(14-27-21(16)19)12-20(28)22(2,15-23(24,25)26)13-17-8-4-3-5-9-17/h3-11,14H,12-13,15H2,1-2H3. The SMILES string of the molecule is Cc1cccc2cc(CC(=O)C(C)(Cc3ccccc3)CC(F)(F)F)cnc12. The Morgan fingerprint density at radius 3 is 2.39 bits per heavy atom. The average molecular weight is 385 g/mol. The summed E-state index contributed by atoms with van der Waals surface area (Å²) in [5.41, 5.74) is 1.67. The molecule has 3 rings (SSSR count). The van der Waals surface area contributed by atoms with Crippen molar-refractivity contribution in [1.82, 2.24) is 4.98 Å². The molecule has 0 aliphatic heterocycles. The minimum absolute atomic E-state index is 0.0479. The zero-order valence-electron chi connectivity index (χ0n) is 15.9. The van der Waals surface area contributed by atoms with Gasteiger partial charge in [-0.25, -0.2) is 0 Å². The molecule has 0 fully saturated rings. The Labute approximate surface area is 162 Å². The van der Waals surface area contributed by atoms with Gasteiger partial charge < -0.3 is 0 Å². The van der Waals surface area contributed by atoms with E-state index in [0.29, 0.717) is 5.56 Å². The van der Waals surface area contributed by atoms with Crippen molar-refractivity contribution in [3.05, 3.63) is 77.5 Å². The number of rotatable bonds is 6. The number of para-hydroxylation sites is 1. The van der Waals surface area contributed by atoms with Gasteiger partial charge in [-0.1, -0.05) is 55.5 Å². The normalized spacial score (nSPS) is 14.0. The number of benzene rings is 2. The zero-order valence-corrected chi connectivity index (χ0v) is 15.9. The first-order chi connectivity index (χ1) is 13.2. The number of carbonyl (C=O) groups excluding carboxylic acids is 1. The van der Waals surface area contributed by atoms with Crippen LogP contribution < -0.4 is 0 Å². The largest absolute Gasteiger partial charge is 0.390 e. The van der Waals surface area contributed by atoms with E-state index in [2.05, 4.69) is 4.98 Å². The Kier molecular flexibility index (Phi) is 5.54. The monoisotopic (exact) mass is 385 g/mol. The number of nitrogens with zero attached hydrogens (tertiary/aromatic N) is 1. The summed E-state index contributed by atoms with van der Waals surface area (Å²) in [5, 5.41) is 0.880. The molecular formula is C23H22F3NO. The zero-order chi connectivity index (χ0) is 20.4. The molecule has 0 saturated heterocycles. The summed E-state index contributed by atoms with van der Waals surface area (Å²) in [5.74, 6) is -0.428. The number of pyridine rings is 1. The average Bonchev–Trinajstić information content (AvgIpc) is 2.61. The van der Waals surface area contributed by atoms with Crippen molar-refractivity contribution in [3.63, 3.8) is 0 Å². The lowest BCUT2D eigenvalue weighted by Crippen LogP contribution is -2.36. The molecule has 1 heterocycles. The Morgan fingerprint density at radius 2 is 1.71 bits per heavy atom. The second-order valence-electron chi connectivity index (χ2n) is 7.61. The number of aromatic nitrogens is 1. The number of carbonyl (C=O) groups is 1. The Hall–Kier alpha value is -2.69. The van der Waals surface area contributed by atoms with Gasteiger partial charge in [0.25, 0.3) is 0 Å². The van der Waals surface area contributed by atoms with E-state index in [4.69, 9.17) is 0 Å². The van der Waals surface area contributed by atoms with Gasteiger partial charge in [0.05, 0.1) is 11.9 Å². The summed E-state index contributed by atoms with van der Waals surface area (Å²) in [4.78, 5) is 17.4. The van der Waals surface area contributed by atoms with Crippen molar-refractivity contribution in [2.24, 2.45) is 5.41 Å². The molecule has 0 radical (unpaired) electrons. The first-order valence-electron chi connectivity index (χ1n) is 9.14. The van der Waals surface area contributed by atoms with Crippen LogP contribution in [0, 0.1) is 12.3 Å². The molecule has 0 amide bonds. The van der Waals surface area contributed by atoms with E-state index in [1.807, 2.05) is 31.2 Å². The van der Waals surface area contributed by atoms with E-state index in [0.717, 1.165) is 22.0 Å². The van der Waals surface area contributed by atoms with Crippen LogP contribution in [0.5, 0.6) is 0 Å². The molecular weight excluding hydrogens is 363 g/mol. The topological polar surface area (TPSA) is 30.0 Å². The number of Topliss-reactive ketones (excluding diaryl/α,β-unsaturated/α-hetero) is 1. The van der Waals surface area contributed by atoms with Gasteiger partial charge >= 0.3 is 6.18 Å². The molecule has 1 aromatic heterocycles. The van der Waals surface area contributed by atoms with Crippen LogP contribution in [0.4, 0.5) is 13.2 Å². The van der Waals surface area contributed by atoms with Crippen LogP contribution in [-0.2, 0) is 17.6 Å². The number of aryl methyl sites for hydroxylation is 1. The smallest absolute Gasteiger partial charge is 0.299 e. The van der Waals surface area contributed by atoms with E-state index in [1.165, 1.54) is 6.92 Å². The first-order valence-corrected chi connectivity index (χ1v) is 9.14. The van der Waals surface area contributed by atoms with E-state index in [9.17, 15) is 18.0 Å². The molecule has 2 aromatic carbocycles. The summed E-state index contributed by atoms with van der Waals surface area (Å²) in [7, 11) is 0. The lowest BCUT2D eigenvalue weighted by molar-refractivity contribution is -0.165. The van der Waals surface area contributed by atoms with Crippen molar-refractivity contribution < 1.29 is 18.0 Å². The second-order valence-corrected chi connectivity index (χ2v) is 7.61. The molecule has 28 heavy (non-hydrogen) atoms. The summed E-state index contributed by atoms with van der Waals surface area (Å²) < 4.78 is 39.7. The van der Waals surface area contributed by atoms with Crippen LogP contribution in [0.3, 0.4) is 0 Å². The highest BCUT2D eigenvalue weighted by Gasteiger charge is 2.43. The molecule has 0 bridgehead atoms. The summed E-state index contributed by atoms with van der Waals surface area (Å²) in [6.07, 6.45) is -4.00. The Balaban J connectivity index is 1.88. The van der Waals surface area contributed by atoms with E-state index in [1.54, 1.807) is 36.5 Å². The van der Waals surface area contributed by atoms with Crippen molar-refractivity contribution in [2.75, 3.05) is 0 Å². The fourth-order valence-corrected chi connectivity index (χ4v) is 3.60. The van der Waals surface area contributed by atoms with Gasteiger partial charge in [0.1, 0.15) is 5.78 Å². The molecule has 0 saturated carbocycles. The maximum atomic E-state index is 13.2. The molecule has 0 spiro atoms. The highest BCUT2D eigenvalue weighted by atomic mass is 19.4. The third-order valence-electron chi connectivity index (χ3n) is 5.03. The number of halogens is 3. The third-order valence-corrected chi connectivity index (χ3v) is 5.03. The first kappa shape index (κ1) is 20.1. The predicted molar refractivity (Wildman–Crippen MR) is 104 cm³/mol. The molecule has 0 N–H and O–H groups in total. The predicted octanol–water partition coefficient (Wildman–Crippen LogP) is 5.86. The van der Waals surface area contributed by atoms with Gasteiger partial charge in [-0.2, -0.15) is 13.2 Å². The maximum Gasteiger partial charge on any atom is 0.390 e. The van der Waals surface area contributed by atoms with Gasteiger partial charge in [-0.15, -0.1) is 0 Å². The number of fused-ring (bicyclic) bond motifs is 1. The van der Waals surface area contributed by atoms with Crippen molar-refractivity contribution >= 4 is 16.7 Å². The van der Waals surface area contributed by atoms with Crippen LogP contribution in [-0.4, -0.2) is 16.9 Å². The summed E-state index contributed by atoms with van der Waals surface area (Å²) in [6, 6.07) is 16.4. The summed E-state index contributed by atoms with van der Waals surface area (Å²) in [6.45, 7) is 3.36. The van der Waals surface area contributed by atoms with Crippen LogP contribution >= 0.6 is 0 Å². The highest BCUT2D eigenvalue weighted by molar-refractivity contribution is 5.88. The molecule has 0 aliphatic carbocycles. The van der Waals surface area contributed by atoms with Gasteiger partial charge in [-0.05, 0) is 36.1 Å². The molecule has 3 aromatic rings. The molecule has 146 valence electrons. The van der Waals surface area contributed by atoms with Gasteiger partial charge in [0, 0.05) is 23.4 Å². The van der Waals surface area contributed by atoms with Crippen LogP contribution in [0.2, 0.25) is 0 Å². The number of hydrogen-bond acceptors (Lipinski definition) is 2. The van der Waals surface area contributed by atoms with E-state index in [-0.39, 0.29) is 12.8 Å². The van der Waals surface area contributed by atoms with Crippen LogP contribution in [0.1, 0.15) is 30.0 Å². The fraction of sp³-hybridized carbons (Fsp3) is 0.304. The molecule has 5 heteroatoms. The van der Waals surface area contributed by atoms with E-state index < -0.39 is 23.8 Å². The Morgan fingerprint density at radius 1 is 1.00 bits per heavy atom. The van der Waals surface area contributed by atoms with Crippen molar-refractivity contribution in [3.8, 4) is 0 Å². The molecule has 0 aliphatic rings. The molecule has 1 atom stereocenters. The third kappa shape index (κ3) is 4.77. The second kappa shape index (κ2) is 7.74.